The molecule has 0 aliphatic rings. The second-order valence-electron chi connectivity index (χ2n) is 21.9. The van der Waals surface area contributed by atoms with Crippen LogP contribution in [0.25, 0.3) is 0 Å². The zero-order chi connectivity index (χ0) is 59.9. The molecule has 0 amide bonds. The maximum Gasteiger partial charge on any atom is 0.306 e. The minimum atomic E-state index is -0.803. The van der Waals surface area contributed by atoms with Crippen molar-refractivity contribution >= 4 is 17.9 Å². The molecular weight excluding hydrogens is 1020 g/mol. The van der Waals surface area contributed by atoms with Crippen LogP contribution in [0.1, 0.15) is 290 Å². The minimum Gasteiger partial charge on any atom is -0.462 e. The average molecular weight is 1150 g/mol. The van der Waals surface area contributed by atoms with E-state index in [4.69, 9.17) is 14.2 Å². The lowest BCUT2D eigenvalue weighted by molar-refractivity contribution is -0.167. The highest BCUT2D eigenvalue weighted by molar-refractivity contribution is 5.71. The second-order valence-corrected chi connectivity index (χ2v) is 21.9. The SMILES string of the molecule is CC/C=C\C/C=C\C/C=C\C/C=C\C/C=C\CCCCCCCCCCCC(=O)OCC(COC(=O)CCCCCC/C=C\C/C=C\C/C=C\C/C=C\CC)OC(=O)CCCCCCCCCCCC/C=C\C/C=C\C/C=C\C/C=C\CC. The predicted molar refractivity (Wildman–Crippen MR) is 362 cm³/mol. The van der Waals surface area contributed by atoms with Crippen molar-refractivity contribution in [2.75, 3.05) is 13.2 Å². The molecule has 0 rings (SSSR count). The summed E-state index contributed by atoms with van der Waals surface area (Å²) in [6.45, 7) is 6.28. The quantitative estimate of drug-likeness (QED) is 0.0261. The summed E-state index contributed by atoms with van der Waals surface area (Å²) < 4.78 is 17.0. The van der Waals surface area contributed by atoms with Crippen LogP contribution in [0.3, 0.4) is 0 Å². The molecule has 0 radical (unpaired) electrons. The van der Waals surface area contributed by atoms with E-state index < -0.39 is 6.10 Å². The van der Waals surface area contributed by atoms with Crippen molar-refractivity contribution in [3.05, 3.63) is 158 Å². The molecule has 0 fully saturated rings. The largest absolute Gasteiger partial charge is 0.462 e. The van der Waals surface area contributed by atoms with E-state index in [9.17, 15) is 14.4 Å². The topological polar surface area (TPSA) is 78.9 Å². The number of unbranched alkanes of at least 4 members (excludes halogenated alkanes) is 23. The van der Waals surface area contributed by atoms with Gasteiger partial charge in [0.25, 0.3) is 0 Å². The summed E-state index contributed by atoms with van der Waals surface area (Å²) in [5, 5.41) is 0. The van der Waals surface area contributed by atoms with Crippen LogP contribution in [0.2, 0.25) is 0 Å². The lowest BCUT2D eigenvalue weighted by atomic mass is 10.0. The Kier molecular flexibility index (Phi) is 65.4. The first-order valence-corrected chi connectivity index (χ1v) is 34.0. The fraction of sp³-hybridized carbons (Fsp3) is 0.623. The molecule has 0 aromatic heterocycles. The Morgan fingerprint density at radius 3 is 0.675 bits per heavy atom. The molecule has 0 aliphatic heterocycles. The van der Waals surface area contributed by atoms with Crippen LogP contribution in [0.15, 0.2) is 158 Å². The van der Waals surface area contributed by atoms with Crippen molar-refractivity contribution in [2.45, 2.75) is 297 Å². The van der Waals surface area contributed by atoms with Gasteiger partial charge in [0.15, 0.2) is 6.10 Å². The van der Waals surface area contributed by atoms with Gasteiger partial charge in [-0.25, -0.2) is 0 Å². The molecule has 0 N–H and O–H groups in total. The third kappa shape index (κ3) is 67.7. The Morgan fingerprint density at radius 1 is 0.241 bits per heavy atom. The lowest BCUT2D eigenvalue weighted by Gasteiger charge is -2.18. The standard InChI is InChI=1S/C77H124O6/c1-4-7-10-13-16-19-22-25-28-31-33-35-37-38-40-41-43-46-49-52-55-58-61-64-67-70-76(79)82-73-74(72-81-75(78)69-66-63-60-57-54-51-48-45-30-27-24-21-18-15-12-9-6-3)83-77(80)71-68-65-62-59-56-53-50-47-44-42-39-36-34-32-29-26-23-20-17-14-11-8-5-2/h7-12,16-21,25-30,33-36,38,40,48,51,74H,4-6,13-15,22-24,31-32,37,39,41-47,49-50,52-73H2,1-3H3/b10-7-,11-8-,12-9-,19-16-,20-17-,21-18-,28-25-,29-26-,30-27-,35-33-,36-34-,40-38-,51-48-. The first kappa shape index (κ1) is 78.0. The number of carbonyl (C=O) groups is 3. The Balaban J connectivity index is 4.44. The minimum absolute atomic E-state index is 0.0966. The van der Waals surface area contributed by atoms with Gasteiger partial charge in [-0.05, 0) is 141 Å². The number of allylic oxidation sites excluding steroid dienone is 26. The van der Waals surface area contributed by atoms with Gasteiger partial charge in [-0.3, -0.25) is 14.4 Å². The van der Waals surface area contributed by atoms with Gasteiger partial charge in [0.2, 0.25) is 0 Å². The number of rotatable bonds is 60. The van der Waals surface area contributed by atoms with Gasteiger partial charge in [-0.15, -0.1) is 0 Å². The van der Waals surface area contributed by atoms with Gasteiger partial charge < -0.3 is 14.2 Å². The molecule has 6 heteroatoms. The predicted octanol–water partition coefficient (Wildman–Crippen LogP) is 23.7. The summed E-state index contributed by atoms with van der Waals surface area (Å²) in [4.78, 5) is 38.5. The Hall–Kier alpha value is -4.97. The molecular formula is C77H124O6. The van der Waals surface area contributed by atoms with Gasteiger partial charge >= 0.3 is 17.9 Å². The summed E-state index contributed by atoms with van der Waals surface area (Å²) in [5.74, 6) is -0.928. The van der Waals surface area contributed by atoms with E-state index in [1.54, 1.807) is 0 Å². The zero-order valence-electron chi connectivity index (χ0n) is 53.7. The van der Waals surface area contributed by atoms with Crippen molar-refractivity contribution in [1.29, 1.82) is 0 Å². The molecule has 0 saturated heterocycles. The highest BCUT2D eigenvalue weighted by Crippen LogP contribution is 2.16. The molecule has 1 atom stereocenters. The van der Waals surface area contributed by atoms with Crippen LogP contribution in [0, 0.1) is 0 Å². The summed E-state index contributed by atoms with van der Waals surface area (Å²) in [5.41, 5.74) is 0. The third-order valence-electron chi connectivity index (χ3n) is 14.0. The van der Waals surface area contributed by atoms with Crippen molar-refractivity contribution in [2.24, 2.45) is 0 Å². The van der Waals surface area contributed by atoms with Crippen molar-refractivity contribution < 1.29 is 28.6 Å². The Morgan fingerprint density at radius 2 is 0.434 bits per heavy atom. The van der Waals surface area contributed by atoms with Gasteiger partial charge in [0, 0.05) is 19.3 Å². The van der Waals surface area contributed by atoms with Crippen molar-refractivity contribution in [3.63, 3.8) is 0 Å². The van der Waals surface area contributed by atoms with Crippen LogP contribution in [0.4, 0.5) is 0 Å². The molecule has 0 spiro atoms. The lowest BCUT2D eigenvalue weighted by Crippen LogP contribution is -2.30. The summed E-state index contributed by atoms with van der Waals surface area (Å²) in [7, 11) is 0. The van der Waals surface area contributed by atoms with Gasteiger partial charge in [0.05, 0.1) is 0 Å². The number of esters is 3. The fourth-order valence-corrected chi connectivity index (χ4v) is 9.04. The molecule has 0 saturated carbocycles. The van der Waals surface area contributed by atoms with E-state index in [1.165, 1.54) is 89.9 Å². The van der Waals surface area contributed by atoms with E-state index >= 15 is 0 Å². The first-order valence-electron chi connectivity index (χ1n) is 34.0. The molecule has 0 aliphatic carbocycles. The van der Waals surface area contributed by atoms with Crippen molar-refractivity contribution in [3.8, 4) is 0 Å². The summed E-state index contributed by atoms with van der Waals surface area (Å²) in [6.07, 6.45) is 101. The van der Waals surface area contributed by atoms with Crippen LogP contribution in [-0.4, -0.2) is 37.2 Å². The Labute approximate surface area is 511 Å². The van der Waals surface area contributed by atoms with Crippen LogP contribution in [-0.2, 0) is 28.6 Å². The van der Waals surface area contributed by atoms with E-state index in [0.29, 0.717) is 19.3 Å². The maximum atomic E-state index is 13.0. The van der Waals surface area contributed by atoms with E-state index in [2.05, 4.69) is 179 Å². The molecule has 0 heterocycles. The average Bonchev–Trinajstić information content (AvgIpc) is 3.49. The molecule has 1 unspecified atom stereocenters. The molecule has 6 nitrogen and oxygen atoms in total. The highest BCUT2D eigenvalue weighted by atomic mass is 16.6. The van der Waals surface area contributed by atoms with Gasteiger partial charge in [0.1, 0.15) is 13.2 Å². The van der Waals surface area contributed by atoms with Crippen LogP contribution in [0.5, 0.6) is 0 Å². The van der Waals surface area contributed by atoms with E-state index in [0.717, 1.165) is 161 Å². The van der Waals surface area contributed by atoms with Gasteiger partial charge in [-0.2, -0.15) is 0 Å². The third-order valence-corrected chi connectivity index (χ3v) is 14.0. The Bertz CT molecular complexity index is 1840. The number of carbonyl (C=O) groups excluding carboxylic acids is 3. The van der Waals surface area contributed by atoms with Gasteiger partial charge in [-0.1, -0.05) is 288 Å². The molecule has 83 heavy (non-hydrogen) atoms. The fourth-order valence-electron chi connectivity index (χ4n) is 9.04. The first-order chi connectivity index (χ1) is 41.0. The van der Waals surface area contributed by atoms with Crippen molar-refractivity contribution in [1.82, 2.24) is 0 Å². The molecule has 0 bridgehead atoms. The smallest absolute Gasteiger partial charge is 0.306 e. The molecule has 0 aromatic carbocycles. The monoisotopic (exact) mass is 1140 g/mol. The maximum absolute atomic E-state index is 13.0. The number of ether oxygens (including phenoxy) is 3. The van der Waals surface area contributed by atoms with Crippen LogP contribution >= 0.6 is 0 Å². The molecule has 0 aromatic rings. The summed E-state index contributed by atoms with van der Waals surface area (Å²) in [6, 6.07) is 0. The van der Waals surface area contributed by atoms with E-state index in [1.807, 2.05) is 0 Å². The normalized spacial score (nSPS) is 13.1. The number of hydrogen-bond acceptors (Lipinski definition) is 6. The molecule has 468 valence electrons. The van der Waals surface area contributed by atoms with E-state index in [-0.39, 0.29) is 31.1 Å². The zero-order valence-corrected chi connectivity index (χ0v) is 53.7. The van der Waals surface area contributed by atoms with Crippen LogP contribution < -0.4 is 0 Å². The highest BCUT2D eigenvalue weighted by Gasteiger charge is 2.19. The summed E-state index contributed by atoms with van der Waals surface area (Å²) >= 11 is 0. The second kappa shape index (κ2) is 69.5. The number of hydrogen-bond donors (Lipinski definition) is 0.